The lowest BCUT2D eigenvalue weighted by molar-refractivity contribution is 0.0262. The summed E-state index contributed by atoms with van der Waals surface area (Å²) in [5.74, 6) is 0.973. The van der Waals surface area contributed by atoms with Gasteiger partial charge >= 0.3 is 0 Å². The second-order valence-electron chi connectivity index (χ2n) is 7.17. The van der Waals surface area contributed by atoms with E-state index in [4.69, 9.17) is 9.47 Å². The van der Waals surface area contributed by atoms with Gasteiger partial charge in [0.05, 0.1) is 12.2 Å². The Morgan fingerprint density at radius 3 is 2.67 bits per heavy atom. The first-order chi connectivity index (χ1) is 9.83. The van der Waals surface area contributed by atoms with Crippen LogP contribution in [0.4, 0.5) is 0 Å². The van der Waals surface area contributed by atoms with Crippen molar-refractivity contribution in [3.8, 4) is 5.75 Å². The van der Waals surface area contributed by atoms with Crippen LogP contribution in [-0.2, 0) is 11.3 Å². The van der Waals surface area contributed by atoms with Crippen LogP contribution in [0.2, 0.25) is 0 Å². The van der Waals surface area contributed by atoms with Gasteiger partial charge in [-0.25, -0.2) is 0 Å². The minimum absolute atomic E-state index is 0.102. The Hall–Kier alpha value is -1.06. The van der Waals surface area contributed by atoms with Gasteiger partial charge in [0.25, 0.3) is 0 Å². The number of aryl methyl sites for hydroxylation is 1. The Balaban J connectivity index is 1.97. The summed E-state index contributed by atoms with van der Waals surface area (Å²) in [6.45, 7) is 12.3. The quantitative estimate of drug-likeness (QED) is 0.894. The van der Waals surface area contributed by atoms with E-state index in [-0.39, 0.29) is 11.6 Å². The van der Waals surface area contributed by atoms with E-state index >= 15 is 0 Å². The van der Waals surface area contributed by atoms with Crippen LogP contribution in [0.1, 0.15) is 51.7 Å². The summed E-state index contributed by atoms with van der Waals surface area (Å²) in [5, 5.41) is 3.53. The van der Waals surface area contributed by atoms with E-state index in [1.54, 1.807) is 0 Å². The second kappa shape index (κ2) is 6.80. The predicted octanol–water partition coefficient (Wildman–Crippen LogP) is 3.83. The minimum atomic E-state index is 0.102. The molecule has 2 unspecified atom stereocenters. The van der Waals surface area contributed by atoms with E-state index in [0.717, 1.165) is 25.1 Å². The smallest absolute Gasteiger partial charge is 0.123 e. The molecule has 0 saturated carbocycles. The topological polar surface area (TPSA) is 30.5 Å². The van der Waals surface area contributed by atoms with Crippen molar-refractivity contribution in [3.63, 3.8) is 0 Å². The average Bonchev–Trinajstić information content (AvgIpc) is 2.80. The van der Waals surface area contributed by atoms with E-state index in [9.17, 15) is 0 Å². The number of rotatable bonds is 5. The fraction of sp³-hybridized carbons (Fsp3) is 0.667. The molecule has 3 heteroatoms. The van der Waals surface area contributed by atoms with Crippen LogP contribution in [0.25, 0.3) is 0 Å². The van der Waals surface area contributed by atoms with Crippen LogP contribution in [0, 0.1) is 6.92 Å². The molecule has 0 radical (unpaired) electrons. The van der Waals surface area contributed by atoms with Gasteiger partial charge in [-0.1, -0.05) is 17.7 Å². The third-order valence-corrected chi connectivity index (χ3v) is 3.77. The van der Waals surface area contributed by atoms with Gasteiger partial charge in [0.2, 0.25) is 0 Å². The van der Waals surface area contributed by atoms with Gasteiger partial charge in [0.15, 0.2) is 0 Å². The van der Waals surface area contributed by atoms with Gasteiger partial charge < -0.3 is 14.8 Å². The SMILES string of the molecule is Cc1ccc(OCC2CCC(C)O2)c(CNC(C)(C)C)c1. The molecule has 1 aromatic carbocycles. The zero-order valence-electron chi connectivity index (χ0n) is 14.0. The molecule has 21 heavy (non-hydrogen) atoms. The predicted molar refractivity (Wildman–Crippen MR) is 86.8 cm³/mol. The van der Waals surface area contributed by atoms with Gasteiger partial charge in [-0.05, 0) is 53.5 Å². The molecule has 0 spiro atoms. The highest BCUT2D eigenvalue weighted by Crippen LogP contribution is 2.24. The maximum atomic E-state index is 6.02. The number of nitrogens with one attached hydrogen (secondary N) is 1. The molecular weight excluding hydrogens is 262 g/mol. The summed E-state index contributed by atoms with van der Waals surface area (Å²) < 4.78 is 11.8. The summed E-state index contributed by atoms with van der Waals surface area (Å²) in [6, 6.07) is 6.38. The molecule has 118 valence electrons. The second-order valence-corrected chi connectivity index (χ2v) is 7.17. The van der Waals surface area contributed by atoms with E-state index in [0.29, 0.717) is 12.7 Å². The van der Waals surface area contributed by atoms with Gasteiger partial charge in [-0.15, -0.1) is 0 Å². The zero-order chi connectivity index (χ0) is 15.5. The lowest BCUT2D eigenvalue weighted by Gasteiger charge is -2.22. The van der Waals surface area contributed by atoms with Gasteiger partial charge in [-0.2, -0.15) is 0 Å². The first-order valence-electron chi connectivity index (χ1n) is 7.96. The van der Waals surface area contributed by atoms with Crippen molar-refractivity contribution in [1.29, 1.82) is 0 Å². The molecule has 2 rings (SSSR count). The Morgan fingerprint density at radius 2 is 2.05 bits per heavy atom. The summed E-state index contributed by atoms with van der Waals surface area (Å²) in [4.78, 5) is 0. The van der Waals surface area contributed by atoms with Crippen molar-refractivity contribution in [3.05, 3.63) is 29.3 Å². The molecule has 1 N–H and O–H groups in total. The first-order valence-corrected chi connectivity index (χ1v) is 7.96. The number of benzene rings is 1. The third kappa shape index (κ3) is 5.33. The van der Waals surface area contributed by atoms with E-state index < -0.39 is 0 Å². The van der Waals surface area contributed by atoms with Crippen LogP contribution in [0.5, 0.6) is 5.75 Å². The van der Waals surface area contributed by atoms with Crippen molar-refractivity contribution in [2.75, 3.05) is 6.61 Å². The molecule has 1 heterocycles. The Labute approximate surface area is 129 Å². The Bertz CT molecular complexity index is 465. The van der Waals surface area contributed by atoms with Gasteiger partial charge in [0, 0.05) is 17.6 Å². The highest BCUT2D eigenvalue weighted by atomic mass is 16.5. The van der Waals surface area contributed by atoms with Gasteiger partial charge in [0.1, 0.15) is 12.4 Å². The first kappa shape index (κ1) is 16.3. The molecule has 1 aliphatic rings. The Kier molecular flexibility index (Phi) is 5.28. The molecule has 0 bridgehead atoms. The van der Waals surface area contributed by atoms with Crippen LogP contribution < -0.4 is 10.1 Å². The monoisotopic (exact) mass is 291 g/mol. The summed E-state index contributed by atoms with van der Waals surface area (Å²) in [5.41, 5.74) is 2.58. The van der Waals surface area contributed by atoms with E-state index in [1.165, 1.54) is 11.1 Å². The average molecular weight is 291 g/mol. The van der Waals surface area contributed by atoms with Crippen molar-refractivity contribution in [2.45, 2.75) is 71.8 Å². The molecule has 1 saturated heterocycles. The largest absolute Gasteiger partial charge is 0.491 e. The van der Waals surface area contributed by atoms with Crippen molar-refractivity contribution in [1.82, 2.24) is 5.32 Å². The highest BCUT2D eigenvalue weighted by molar-refractivity contribution is 5.37. The lowest BCUT2D eigenvalue weighted by atomic mass is 10.1. The fourth-order valence-electron chi connectivity index (χ4n) is 2.54. The standard InChI is InChI=1S/C18H29NO2/c1-13-6-9-17(15(10-13)11-19-18(3,4)5)20-12-16-8-7-14(2)21-16/h6,9-10,14,16,19H,7-8,11-12H2,1-5H3. The van der Waals surface area contributed by atoms with E-state index in [2.05, 4.69) is 58.1 Å². The van der Waals surface area contributed by atoms with Crippen molar-refractivity contribution in [2.24, 2.45) is 0 Å². The molecule has 0 amide bonds. The molecule has 2 atom stereocenters. The molecular formula is C18H29NO2. The maximum Gasteiger partial charge on any atom is 0.123 e. The molecule has 1 aliphatic heterocycles. The van der Waals surface area contributed by atoms with Crippen LogP contribution >= 0.6 is 0 Å². The summed E-state index contributed by atoms with van der Waals surface area (Å²) >= 11 is 0. The Morgan fingerprint density at radius 1 is 1.29 bits per heavy atom. The minimum Gasteiger partial charge on any atom is -0.491 e. The number of hydrogen-bond donors (Lipinski definition) is 1. The highest BCUT2D eigenvalue weighted by Gasteiger charge is 2.22. The third-order valence-electron chi connectivity index (χ3n) is 3.77. The summed E-state index contributed by atoms with van der Waals surface area (Å²) in [6.07, 6.45) is 2.85. The molecule has 0 aromatic heterocycles. The van der Waals surface area contributed by atoms with Crippen LogP contribution in [0.3, 0.4) is 0 Å². The molecule has 1 aromatic rings. The normalized spacial score (nSPS) is 22.5. The van der Waals surface area contributed by atoms with E-state index in [1.807, 2.05) is 0 Å². The number of hydrogen-bond acceptors (Lipinski definition) is 3. The van der Waals surface area contributed by atoms with Gasteiger partial charge in [-0.3, -0.25) is 0 Å². The zero-order valence-corrected chi connectivity index (χ0v) is 14.0. The van der Waals surface area contributed by atoms with Crippen LogP contribution in [-0.4, -0.2) is 24.4 Å². The van der Waals surface area contributed by atoms with Crippen molar-refractivity contribution >= 4 is 0 Å². The van der Waals surface area contributed by atoms with Crippen LogP contribution in [0.15, 0.2) is 18.2 Å². The fourth-order valence-corrected chi connectivity index (χ4v) is 2.54. The molecule has 3 nitrogen and oxygen atoms in total. The lowest BCUT2D eigenvalue weighted by Crippen LogP contribution is -2.35. The molecule has 1 fully saturated rings. The molecule has 0 aliphatic carbocycles. The number of ether oxygens (including phenoxy) is 2. The van der Waals surface area contributed by atoms with Crippen molar-refractivity contribution < 1.29 is 9.47 Å². The maximum absolute atomic E-state index is 6.02. The summed E-state index contributed by atoms with van der Waals surface area (Å²) in [7, 11) is 0.